The van der Waals surface area contributed by atoms with Gasteiger partial charge < -0.3 is 10.1 Å². The van der Waals surface area contributed by atoms with E-state index in [0.29, 0.717) is 5.41 Å². The van der Waals surface area contributed by atoms with Crippen LogP contribution >= 0.6 is 15.9 Å². The van der Waals surface area contributed by atoms with Crippen molar-refractivity contribution in [3.63, 3.8) is 0 Å². The molecule has 0 aromatic heterocycles. The third-order valence-corrected chi connectivity index (χ3v) is 4.32. The molecule has 0 aliphatic carbocycles. The van der Waals surface area contributed by atoms with Crippen LogP contribution in [0.25, 0.3) is 0 Å². The second kappa shape index (κ2) is 6.13. The first-order valence-electron chi connectivity index (χ1n) is 6.31. The molecule has 0 bridgehead atoms. The summed E-state index contributed by atoms with van der Waals surface area (Å²) in [6.45, 7) is 5.75. The molecule has 0 saturated carbocycles. The van der Waals surface area contributed by atoms with E-state index in [2.05, 4.69) is 28.2 Å². The molecular formula is C14H19BrFNO. The number of nitrogens with one attached hydrogen (secondary N) is 1. The largest absolute Gasteiger partial charge is 0.381 e. The molecule has 0 unspecified atom stereocenters. The van der Waals surface area contributed by atoms with Gasteiger partial charge in [-0.15, -0.1) is 0 Å². The maximum atomic E-state index is 13.0. The highest BCUT2D eigenvalue weighted by Gasteiger charge is 2.26. The first-order chi connectivity index (χ1) is 8.59. The highest BCUT2D eigenvalue weighted by atomic mass is 79.9. The van der Waals surface area contributed by atoms with Crippen LogP contribution in [0.1, 0.15) is 25.3 Å². The lowest BCUT2D eigenvalue weighted by Gasteiger charge is -2.33. The predicted octanol–water partition coefficient (Wildman–Crippen LogP) is 3.49. The molecule has 1 aromatic rings. The van der Waals surface area contributed by atoms with Crippen LogP contribution in [0.3, 0.4) is 0 Å². The number of rotatable bonds is 4. The molecule has 1 aliphatic rings. The Labute approximate surface area is 116 Å². The van der Waals surface area contributed by atoms with E-state index in [1.807, 2.05) is 6.07 Å². The Bertz CT molecular complexity index is 405. The normalized spacial score (nSPS) is 18.8. The van der Waals surface area contributed by atoms with Crippen molar-refractivity contribution < 1.29 is 9.13 Å². The van der Waals surface area contributed by atoms with Gasteiger partial charge in [-0.3, -0.25) is 0 Å². The number of benzene rings is 1. The summed E-state index contributed by atoms with van der Waals surface area (Å²) in [4.78, 5) is 0. The van der Waals surface area contributed by atoms with E-state index in [4.69, 9.17) is 4.74 Å². The lowest BCUT2D eigenvalue weighted by molar-refractivity contribution is 0.0240. The van der Waals surface area contributed by atoms with Crippen molar-refractivity contribution in [1.29, 1.82) is 0 Å². The Morgan fingerprint density at radius 1 is 1.39 bits per heavy atom. The number of hydrogen-bond acceptors (Lipinski definition) is 2. The topological polar surface area (TPSA) is 21.3 Å². The minimum absolute atomic E-state index is 0.206. The molecule has 2 nitrogen and oxygen atoms in total. The summed E-state index contributed by atoms with van der Waals surface area (Å²) in [5.41, 5.74) is 1.41. The Kier molecular flexibility index (Phi) is 4.76. The van der Waals surface area contributed by atoms with Crippen LogP contribution in [0.2, 0.25) is 0 Å². The van der Waals surface area contributed by atoms with Crippen molar-refractivity contribution in [2.24, 2.45) is 5.41 Å². The van der Waals surface area contributed by atoms with Gasteiger partial charge in [-0.1, -0.05) is 28.9 Å². The lowest BCUT2D eigenvalue weighted by atomic mass is 9.82. The fourth-order valence-electron chi connectivity index (χ4n) is 2.20. The highest BCUT2D eigenvalue weighted by molar-refractivity contribution is 9.10. The van der Waals surface area contributed by atoms with Crippen LogP contribution in [-0.2, 0) is 11.3 Å². The molecule has 18 heavy (non-hydrogen) atoms. The summed E-state index contributed by atoms with van der Waals surface area (Å²) in [6, 6.07) is 4.82. The third-order valence-electron chi connectivity index (χ3n) is 3.58. The summed E-state index contributed by atoms with van der Waals surface area (Å²) in [5, 5.41) is 3.46. The predicted molar refractivity (Wildman–Crippen MR) is 74.0 cm³/mol. The zero-order chi connectivity index (χ0) is 13.0. The Balaban J connectivity index is 1.84. The Morgan fingerprint density at radius 2 is 2.11 bits per heavy atom. The second-order valence-corrected chi connectivity index (χ2v) is 6.12. The molecule has 4 heteroatoms. The molecule has 0 radical (unpaired) electrons. The van der Waals surface area contributed by atoms with Crippen molar-refractivity contribution in [3.05, 3.63) is 34.1 Å². The van der Waals surface area contributed by atoms with Gasteiger partial charge in [0.1, 0.15) is 5.82 Å². The first-order valence-corrected chi connectivity index (χ1v) is 7.11. The number of ether oxygens (including phenoxy) is 1. The van der Waals surface area contributed by atoms with E-state index < -0.39 is 0 Å². The van der Waals surface area contributed by atoms with Crippen molar-refractivity contribution in [2.45, 2.75) is 26.3 Å². The van der Waals surface area contributed by atoms with Gasteiger partial charge in [0.05, 0.1) is 0 Å². The average molecular weight is 316 g/mol. The van der Waals surface area contributed by atoms with Gasteiger partial charge in [0.2, 0.25) is 0 Å². The van der Waals surface area contributed by atoms with Crippen LogP contribution in [0, 0.1) is 11.2 Å². The van der Waals surface area contributed by atoms with Gasteiger partial charge in [-0.2, -0.15) is 0 Å². The van der Waals surface area contributed by atoms with Crippen LogP contribution in [0.15, 0.2) is 22.7 Å². The van der Waals surface area contributed by atoms with Crippen molar-refractivity contribution in [1.82, 2.24) is 5.32 Å². The van der Waals surface area contributed by atoms with Gasteiger partial charge in [0.25, 0.3) is 0 Å². The highest BCUT2D eigenvalue weighted by Crippen LogP contribution is 2.29. The molecule has 0 spiro atoms. The van der Waals surface area contributed by atoms with Crippen molar-refractivity contribution in [3.8, 4) is 0 Å². The standard InChI is InChI=1S/C14H19BrFNO/c1-14(4-6-18-7-5-14)10-17-9-11-2-3-12(16)8-13(11)15/h2-3,8,17H,4-7,9-10H2,1H3. The number of hydrogen-bond donors (Lipinski definition) is 1. The molecule has 2 rings (SSSR count). The van der Waals surface area contributed by atoms with Gasteiger partial charge in [-0.25, -0.2) is 4.39 Å². The van der Waals surface area contributed by atoms with E-state index in [1.54, 1.807) is 0 Å². The number of halogens is 2. The molecule has 1 aliphatic heterocycles. The zero-order valence-corrected chi connectivity index (χ0v) is 12.2. The van der Waals surface area contributed by atoms with Gasteiger partial charge >= 0.3 is 0 Å². The smallest absolute Gasteiger partial charge is 0.124 e. The Morgan fingerprint density at radius 3 is 2.78 bits per heavy atom. The molecular weight excluding hydrogens is 297 g/mol. The van der Waals surface area contributed by atoms with Crippen molar-refractivity contribution >= 4 is 15.9 Å². The summed E-state index contributed by atoms with van der Waals surface area (Å²) >= 11 is 3.39. The summed E-state index contributed by atoms with van der Waals surface area (Å²) in [6.07, 6.45) is 2.20. The van der Waals surface area contributed by atoms with Crippen LogP contribution < -0.4 is 5.32 Å². The molecule has 1 fully saturated rings. The maximum absolute atomic E-state index is 13.0. The maximum Gasteiger partial charge on any atom is 0.124 e. The van der Waals surface area contributed by atoms with Crippen LogP contribution in [0.5, 0.6) is 0 Å². The summed E-state index contributed by atoms with van der Waals surface area (Å²) in [7, 11) is 0. The second-order valence-electron chi connectivity index (χ2n) is 5.26. The first kappa shape index (κ1) is 14.0. The van der Waals surface area contributed by atoms with E-state index in [0.717, 1.165) is 49.2 Å². The average Bonchev–Trinajstić information content (AvgIpc) is 2.33. The third kappa shape index (κ3) is 3.77. The van der Waals surface area contributed by atoms with Crippen LogP contribution in [-0.4, -0.2) is 19.8 Å². The molecule has 100 valence electrons. The molecule has 0 atom stereocenters. The fourth-order valence-corrected chi connectivity index (χ4v) is 2.70. The van der Waals surface area contributed by atoms with E-state index >= 15 is 0 Å². The van der Waals surface area contributed by atoms with E-state index in [9.17, 15) is 4.39 Å². The minimum Gasteiger partial charge on any atom is -0.381 e. The summed E-state index contributed by atoms with van der Waals surface area (Å²) in [5.74, 6) is -0.206. The van der Waals surface area contributed by atoms with E-state index in [1.165, 1.54) is 12.1 Å². The molecule has 1 aromatic carbocycles. The quantitative estimate of drug-likeness (QED) is 0.918. The molecule has 0 amide bonds. The van der Waals surface area contributed by atoms with Gasteiger partial charge in [0, 0.05) is 30.8 Å². The minimum atomic E-state index is -0.206. The monoisotopic (exact) mass is 315 g/mol. The SMILES string of the molecule is CC1(CNCc2ccc(F)cc2Br)CCOCC1. The van der Waals surface area contributed by atoms with Gasteiger partial charge in [-0.05, 0) is 36.0 Å². The summed E-state index contributed by atoms with van der Waals surface area (Å²) < 4.78 is 19.2. The van der Waals surface area contributed by atoms with E-state index in [-0.39, 0.29) is 5.82 Å². The molecule has 1 N–H and O–H groups in total. The Hall–Kier alpha value is -0.450. The van der Waals surface area contributed by atoms with Crippen LogP contribution in [0.4, 0.5) is 4.39 Å². The molecule has 1 heterocycles. The molecule has 1 saturated heterocycles. The zero-order valence-electron chi connectivity index (χ0n) is 10.6. The van der Waals surface area contributed by atoms with Gasteiger partial charge in [0.15, 0.2) is 0 Å². The fraction of sp³-hybridized carbons (Fsp3) is 0.571. The lowest BCUT2D eigenvalue weighted by Crippen LogP contribution is -2.36. The van der Waals surface area contributed by atoms with Crippen molar-refractivity contribution in [2.75, 3.05) is 19.8 Å².